The molecule has 0 aliphatic rings. The molecule has 3 aromatic rings. The summed E-state index contributed by atoms with van der Waals surface area (Å²) in [6.07, 6.45) is -1.30. The number of carbonyl (C=O) groups is 1. The van der Waals surface area contributed by atoms with Gasteiger partial charge in [-0.15, -0.1) is 0 Å². The maximum absolute atomic E-state index is 12.9. The van der Waals surface area contributed by atoms with Crippen LogP contribution in [0.3, 0.4) is 0 Å². The molecular formula is C21H18F3N3O3. The first-order chi connectivity index (χ1) is 14.3. The minimum atomic E-state index is -4.53. The first-order valence-electron chi connectivity index (χ1n) is 8.82. The van der Waals surface area contributed by atoms with Crippen molar-refractivity contribution in [2.45, 2.75) is 12.7 Å². The van der Waals surface area contributed by atoms with Gasteiger partial charge in [0.25, 0.3) is 0 Å². The highest BCUT2D eigenvalue weighted by Gasteiger charge is 2.31. The SMILES string of the molecule is COc1ccc(C(F)(F)F)cc1NC(=O)NCc1ccc(Oc2ccncc2)cc1. The average molecular weight is 417 g/mol. The van der Waals surface area contributed by atoms with E-state index in [9.17, 15) is 18.0 Å². The molecule has 2 N–H and O–H groups in total. The topological polar surface area (TPSA) is 72.5 Å². The zero-order valence-corrected chi connectivity index (χ0v) is 15.9. The van der Waals surface area contributed by atoms with Crippen LogP contribution in [0.5, 0.6) is 17.2 Å². The Labute approximate surface area is 170 Å². The van der Waals surface area contributed by atoms with Crippen LogP contribution in [-0.4, -0.2) is 18.1 Å². The van der Waals surface area contributed by atoms with Crippen LogP contribution in [0.15, 0.2) is 67.0 Å². The van der Waals surface area contributed by atoms with Gasteiger partial charge in [0.2, 0.25) is 0 Å². The molecule has 0 aliphatic carbocycles. The van der Waals surface area contributed by atoms with Crippen LogP contribution in [0.4, 0.5) is 23.7 Å². The molecule has 0 atom stereocenters. The number of benzene rings is 2. The lowest BCUT2D eigenvalue weighted by molar-refractivity contribution is -0.137. The van der Waals surface area contributed by atoms with Crippen molar-refractivity contribution >= 4 is 11.7 Å². The standard InChI is InChI=1S/C21H18F3N3O3/c1-29-19-7-4-15(21(22,23)24)12-18(19)27-20(28)26-13-14-2-5-16(6-3-14)30-17-8-10-25-11-9-17/h2-12H,13H2,1H3,(H2,26,27,28). The number of carbonyl (C=O) groups excluding carboxylic acids is 1. The fraction of sp³-hybridized carbons (Fsp3) is 0.143. The first-order valence-corrected chi connectivity index (χ1v) is 8.82. The molecule has 0 unspecified atom stereocenters. The molecule has 0 radical (unpaired) electrons. The summed E-state index contributed by atoms with van der Waals surface area (Å²) in [5.74, 6) is 1.38. The number of hydrogen-bond donors (Lipinski definition) is 2. The minimum absolute atomic E-state index is 0.0778. The number of rotatable bonds is 6. The van der Waals surface area contributed by atoms with E-state index in [1.165, 1.54) is 7.11 Å². The number of ether oxygens (including phenoxy) is 2. The van der Waals surface area contributed by atoms with Crippen molar-refractivity contribution < 1.29 is 27.4 Å². The Morgan fingerprint density at radius 3 is 2.30 bits per heavy atom. The molecule has 3 rings (SSSR count). The van der Waals surface area contributed by atoms with Crippen LogP contribution in [0.2, 0.25) is 0 Å². The number of nitrogens with one attached hydrogen (secondary N) is 2. The number of hydrogen-bond acceptors (Lipinski definition) is 4. The van der Waals surface area contributed by atoms with Crippen molar-refractivity contribution in [1.82, 2.24) is 10.3 Å². The quantitative estimate of drug-likeness (QED) is 0.577. The molecule has 9 heteroatoms. The Morgan fingerprint density at radius 1 is 1.00 bits per heavy atom. The van der Waals surface area contributed by atoms with E-state index in [1.54, 1.807) is 48.8 Å². The largest absolute Gasteiger partial charge is 0.495 e. The van der Waals surface area contributed by atoms with Gasteiger partial charge in [0.1, 0.15) is 17.2 Å². The van der Waals surface area contributed by atoms with Gasteiger partial charge in [-0.2, -0.15) is 13.2 Å². The van der Waals surface area contributed by atoms with E-state index in [0.717, 1.165) is 23.8 Å². The third-order valence-electron chi connectivity index (χ3n) is 4.04. The van der Waals surface area contributed by atoms with Crippen LogP contribution in [0, 0.1) is 0 Å². The highest BCUT2D eigenvalue weighted by molar-refractivity contribution is 5.91. The van der Waals surface area contributed by atoms with E-state index < -0.39 is 17.8 Å². The van der Waals surface area contributed by atoms with Gasteiger partial charge in [-0.3, -0.25) is 4.98 Å². The fourth-order valence-corrected chi connectivity index (χ4v) is 2.55. The second kappa shape index (κ2) is 9.17. The van der Waals surface area contributed by atoms with Crippen molar-refractivity contribution in [2.24, 2.45) is 0 Å². The maximum Gasteiger partial charge on any atom is 0.416 e. The Morgan fingerprint density at radius 2 is 1.67 bits per heavy atom. The minimum Gasteiger partial charge on any atom is -0.495 e. The molecule has 0 saturated carbocycles. The van der Waals surface area contributed by atoms with Gasteiger partial charge in [-0.1, -0.05) is 12.1 Å². The van der Waals surface area contributed by atoms with E-state index in [1.807, 2.05) is 0 Å². The van der Waals surface area contributed by atoms with E-state index in [-0.39, 0.29) is 18.0 Å². The zero-order valence-electron chi connectivity index (χ0n) is 15.9. The molecule has 0 fully saturated rings. The summed E-state index contributed by atoms with van der Waals surface area (Å²) in [4.78, 5) is 16.0. The van der Waals surface area contributed by atoms with E-state index in [4.69, 9.17) is 9.47 Å². The number of halogens is 3. The number of nitrogens with zero attached hydrogens (tertiary/aromatic N) is 1. The maximum atomic E-state index is 12.9. The molecule has 0 aliphatic heterocycles. The highest BCUT2D eigenvalue weighted by Crippen LogP contribution is 2.34. The van der Waals surface area contributed by atoms with Crippen molar-refractivity contribution in [3.8, 4) is 17.2 Å². The molecule has 2 aromatic carbocycles. The van der Waals surface area contributed by atoms with Gasteiger partial charge < -0.3 is 20.1 Å². The van der Waals surface area contributed by atoms with Crippen LogP contribution in [0.1, 0.15) is 11.1 Å². The predicted molar refractivity (Wildman–Crippen MR) is 105 cm³/mol. The monoisotopic (exact) mass is 417 g/mol. The van der Waals surface area contributed by atoms with Crippen LogP contribution in [-0.2, 0) is 12.7 Å². The van der Waals surface area contributed by atoms with Crippen LogP contribution >= 0.6 is 0 Å². The van der Waals surface area contributed by atoms with E-state index in [2.05, 4.69) is 15.6 Å². The van der Waals surface area contributed by atoms with Crippen molar-refractivity contribution in [1.29, 1.82) is 0 Å². The Bertz CT molecular complexity index is 994. The second-order valence-electron chi connectivity index (χ2n) is 6.15. The molecule has 1 heterocycles. The van der Waals surface area contributed by atoms with Gasteiger partial charge in [-0.25, -0.2) is 4.79 Å². The van der Waals surface area contributed by atoms with Gasteiger partial charge in [-0.05, 0) is 48.0 Å². The van der Waals surface area contributed by atoms with Crippen molar-refractivity contribution in [3.63, 3.8) is 0 Å². The summed E-state index contributed by atoms with van der Waals surface area (Å²) in [5.41, 5.74) is -0.183. The molecule has 2 amide bonds. The smallest absolute Gasteiger partial charge is 0.416 e. The number of amides is 2. The van der Waals surface area contributed by atoms with Gasteiger partial charge in [0.15, 0.2) is 0 Å². The Hall–Kier alpha value is -3.75. The number of methoxy groups -OCH3 is 1. The van der Waals surface area contributed by atoms with Crippen molar-refractivity contribution in [2.75, 3.05) is 12.4 Å². The summed E-state index contributed by atoms with van der Waals surface area (Å²) in [5, 5.41) is 4.97. The molecule has 6 nitrogen and oxygen atoms in total. The summed E-state index contributed by atoms with van der Waals surface area (Å²) < 4.78 is 49.4. The lowest BCUT2D eigenvalue weighted by atomic mass is 10.2. The third kappa shape index (κ3) is 5.63. The second-order valence-corrected chi connectivity index (χ2v) is 6.15. The summed E-state index contributed by atoms with van der Waals surface area (Å²) >= 11 is 0. The van der Waals surface area contributed by atoms with Gasteiger partial charge >= 0.3 is 12.2 Å². The molecule has 1 aromatic heterocycles. The number of urea groups is 1. The normalized spacial score (nSPS) is 10.9. The van der Waals surface area contributed by atoms with E-state index in [0.29, 0.717) is 11.5 Å². The molecule has 30 heavy (non-hydrogen) atoms. The molecule has 0 spiro atoms. The van der Waals surface area contributed by atoms with E-state index >= 15 is 0 Å². The number of alkyl halides is 3. The fourth-order valence-electron chi connectivity index (χ4n) is 2.55. The van der Waals surface area contributed by atoms with Gasteiger partial charge in [0, 0.05) is 18.9 Å². The van der Waals surface area contributed by atoms with Crippen LogP contribution < -0.4 is 20.1 Å². The molecular weight excluding hydrogens is 399 g/mol. The summed E-state index contributed by atoms with van der Waals surface area (Å²) in [6.45, 7) is 0.169. The van der Waals surface area contributed by atoms with Gasteiger partial charge in [0.05, 0.1) is 18.4 Å². The summed E-state index contributed by atoms with van der Waals surface area (Å²) in [7, 11) is 1.31. The Balaban J connectivity index is 1.58. The highest BCUT2D eigenvalue weighted by atomic mass is 19.4. The summed E-state index contributed by atoms with van der Waals surface area (Å²) in [6, 6.07) is 12.7. The third-order valence-corrected chi connectivity index (χ3v) is 4.04. The Kier molecular flexibility index (Phi) is 6.41. The van der Waals surface area contributed by atoms with Crippen LogP contribution in [0.25, 0.3) is 0 Å². The zero-order chi connectivity index (χ0) is 21.6. The number of aromatic nitrogens is 1. The molecule has 156 valence electrons. The predicted octanol–water partition coefficient (Wildman–Crippen LogP) is 5.22. The average Bonchev–Trinajstić information content (AvgIpc) is 2.73. The number of pyridine rings is 1. The molecule has 0 saturated heterocycles. The lowest BCUT2D eigenvalue weighted by Crippen LogP contribution is -2.28. The molecule has 0 bridgehead atoms. The first kappa shape index (κ1) is 21.0. The lowest BCUT2D eigenvalue weighted by Gasteiger charge is -2.14. The van der Waals surface area contributed by atoms with Crippen molar-refractivity contribution in [3.05, 3.63) is 78.1 Å². The number of anilines is 1.